The van der Waals surface area contributed by atoms with E-state index in [9.17, 15) is 18.7 Å². The van der Waals surface area contributed by atoms with Crippen LogP contribution in [0, 0.1) is 11.6 Å². The molecule has 0 unspecified atom stereocenters. The molecule has 6 heteroatoms. The molecule has 0 heterocycles. The summed E-state index contributed by atoms with van der Waals surface area (Å²) >= 11 is 3.15. The first-order chi connectivity index (χ1) is 8.97. The fourth-order valence-electron chi connectivity index (χ4n) is 1.47. The Morgan fingerprint density at radius 1 is 1.16 bits per heavy atom. The zero-order valence-corrected chi connectivity index (χ0v) is 11.0. The van der Waals surface area contributed by atoms with E-state index < -0.39 is 17.5 Å². The Morgan fingerprint density at radius 2 is 1.89 bits per heavy atom. The van der Waals surface area contributed by atoms with Crippen LogP contribution in [0.5, 0.6) is 5.75 Å². The summed E-state index contributed by atoms with van der Waals surface area (Å²) in [6.07, 6.45) is 0. The van der Waals surface area contributed by atoms with Crippen LogP contribution in [-0.4, -0.2) is 11.0 Å². The molecule has 0 atom stereocenters. The summed E-state index contributed by atoms with van der Waals surface area (Å²) in [5.41, 5.74) is 0.00497. The third kappa shape index (κ3) is 3.08. The predicted octanol–water partition coefficient (Wildman–Crippen LogP) is 3.69. The number of benzene rings is 2. The van der Waals surface area contributed by atoms with Gasteiger partial charge < -0.3 is 10.4 Å². The molecule has 2 aromatic rings. The average molecular weight is 328 g/mol. The van der Waals surface area contributed by atoms with Gasteiger partial charge in [0.2, 0.25) is 0 Å². The first-order valence-electron chi connectivity index (χ1n) is 5.22. The summed E-state index contributed by atoms with van der Waals surface area (Å²) < 4.78 is 26.6. The number of amides is 1. The molecule has 0 radical (unpaired) electrons. The van der Waals surface area contributed by atoms with Gasteiger partial charge in [-0.05, 0) is 46.3 Å². The molecule has 0 aromatic heterocycles. The van der Waals surface area contributed by atoms with Gasteiger partial charge in [0.25, 0.3) is 5.91 Å². The summed E-state index contributed by atoms with van der Waals surface area (Å²) in [7, 11) is 0. The van der Waals surface area contributed by atoms with Crippen LogP contribution in [0.3, 0.4) is 0 Å². The summed E-state index contributed by atoms with van der Waals surface area (Å²) in [5.74, 6) is -2.31. The molecule has 2 rings (SSSR count). The van der Waals surface area contributed by atoms with E-state index in [0.29, 0.717) is 10.5 Å². The molecule has 0 bridgehead atoms. The second kappa shape index (κ2) is 5.36. The minimum atomic E-state index is -0.871. The molecule has 0 fully saturated rings. The van der Waals surface area contributed by atoms with Gasteiger partial charge in [0, 0.05) is 10.5 Å². The highest BCUT2D eigenvalue weighted by molar-refractivity contribution is 9.10. The standard InChI is InChI=1S/C13H8BrF2NO2/c14-10-3-2-8(18)6-9(10)13(19)17-12-4-1-7(15)5-11(12)16/h1-6,18H,(H,17,19). The van der Waals surface area contributed by atoms with Gasteiger partial charge in [-0.2, -0.15) is 0 Å². The molecule has 2 aromatic carbocycles. The van der Waals surface area contributed by atoms with Gasteiger partial charge in [-0.1, -0.05) is 0 Å². The molecule has 98 valence electrons. The van der Waals surface area contributed by atoms with E-state index in [2.05, 4.69) is 21.2 Å². The number of carbonyl (C=O) groups excluding carboxylic acids is 1. The highest BCUT2D eigenvalue weighted by atomic mass is 79.9. The number of carbonyl (C=O) groups is 1. The van der Waals surface area contributed by atoms with E-state index in [1.807, 2.05) is 0 Å². The Hall–Kier alpha value is -1.95. The number of halogens is 3. The number of rotatable bonds is 2. The summed E-state index contributed by atoms with van der Waals surface area (Å²) in [6.45, 7) is 0. The van der Waals surface area contributed by atoms with E-state index in [-0.39, 0.29) is 17.0 Å². The Balaban J connectivity index is 2.28. The third-order valence-electron chi connectivity index (χ3n) is 2.37. The van der Waals surface area contributed by atoms with Crippen molar-refractivity contribution >= 4 is 27.5 Å². The molecule has 0 aliphatic carbocycles. The number of anilines is 1. The van der Waals surface area contributed by atoms with Crippen molar-refractivity contribution in [1.82, 2.24) is 0 Å². The van der Waals surface area contributed by atoms with Crippen LogP contribution in [0.4, 0.5) is 14.5 Å². The number of phenolic OH excluding ortho intramolecular Hbond substituents is 1. The van der Waals surface area contributed by atoms with Crippen LogP contribution >= 0.6 is 15.9 Å². The zero-order valence-electron chi connectivity index (χ0n) is 9.45. The van der Waals surface area contributed by atoms with Crippen molar-refractivity contribution in [3.63, 3.8) is 0 Å². The SMILES string of the molecule is O=C(Nc1ccc(F)cc1F)c1cc(O)ccc1Br. The molecule has 0 spiro atoms. The topological polar surface area (TPSA) is 49.3 Å². The van der Waals surface area contributed by atoms with Crippen molar-refractivity contribution in [2.75, 3.05) is 5.32 Å². The normalized spacial score (nSPS) is 10.3. The minimum Gasteiger partial charge on any atom is -0.508 e. The van der Waals surface area contributed by atoms with E-state index in [4.69, 9.17) is 0 Å². The predicted molar refractivity (Wildman–Crippen MR) is 70.1 cm³/mol. The number of phenols is 1. The number of hydrogen-bond acceptors (Lipinski definition) is 2. The van der Waals surface area contributed by atoms with Gasteiger partial charge in [0.1, 0.15) is 17.4 Å². The number of aromatic hydroxyl groups is 1. The molecule has 3 nitrogen and oxygen atoms in total. The largest absolute Gasteiger partial charge is 0.508 e. The lowest BCUT2D eigenvalue weighted by Gasteiger charge is -2.08. The lowest BCUT2D eigenvalue weighted by atomic mass is 10.2. The van der Waals surface area contributed by atoms with Gasteiger partial charge in [-0.25, -0.2) is 8.78 Å². The average Bonchev–Trinajstić information content (AvgIpc) is 2.35. The van der Waals surface area contributed by atoms with E-state index in [0.717, 1.165) is 12.1 Å². The van der Waals surface area contributed by atoms with Crippen LogP contribution in [0.2, 0.25) is 0 Å². The molecular formula is C13H8BrF2NO2. The molecule has 1 amide bonds. The van der Waals surface area contributed by atoms with Crippen LogP contribution in [0.25, 0.3) is 0 Å². The molecule has 0 saturated heterocycles. The smallest absolute Gasteiger partial charge is 0.257 e. The molecule has 0 aliphatic rings. The molecule has 19 heavy (non-hydrogen) atoms. The number of hydrogen-bond donors (Lipinski definition) is 2. The fourth-order valence-corrected chi connectivity index (χ4v) is 1.89. The third-order valence-corrected chi connectivity index (χ3v) is 3.07. The van der Waals surface area contributed by atoms with Crippen molar-refractivity contribution in [3.05, 3.63) is 58.1 Å². The Morgan fingerprint density at radius 3 is 2.58 bits per heavy atom. The Labute approximate surface area is 116 Å². The summed E-state index contributed by atoms with van der Waals surface area (Å²) in [5, 5.41) is 11.6. The maximum atomic E-state index is 13.4. The highest BCUT2D eigenvalue weighted by Crippen LogP contribution is 2.23. The lowest BCUT2D eigenvalue weighted by molar-refractivity contribution is 0.102. The van der Waals surface area contributed by atoms with Gasteiger partial charge in [0.15, 0.2) is 0 Å². The van der Waals surface area contributed by atoms with Gasteiger partial charge in [-0.3, -0.25) is 4.79 Å². The lowest BCUT2D eigenvalue weighted by Crippen LogP contribution is -2.13. The van der Waals surface area contributed by atoms with Gasteiger partial charge in [0.05, 0.1) is 11.3 Å². The first-order valence-corrected chi connectivity index (χ1v) is 6.01. The van der Waals surface area contributed by atoms with Crippen molar-refractivity contribution in [2.24, 2.45) is 0 Å². The van der Waals surface area contributed by atoms with Gasteiger partial charge in [-0.15, -0.1) is 0 Å². The first kappa shape index (κ1) is 13.5. The fraction of sp³-hybridized carbons (Fsp3) is 0. The van der Waals surface area contributed by atoms with Crippen LogP contribution in [0.1, 0.15) is 10.4 Å². The second-order valence-electron chi connectivity index (χ2n) is 3.74. The maximum absolute atomic E-state index is 13.4. The molecule has 0 aliphatic heterocycles. The summed E-state index contributed by atoms with van der Waals surface area (Å²) in [4.78, 5) is 11.9. The van der Waals surface area contributed by atoms with Crippen LogP contribution in [-0.2, 0) is 0 Å². The highest BCUT2D eigenvalue weighted by Gasteiger charge is 2.13. The van der Waals surface area contributed by atoms with Crippen LogP contribution in [0.15, 0.2) is 40.9 Å². The van der Waals surface area contributed by atoms with Crippen molar-refractivity contribution in [3.8, 4) is 5.75 Å². The monoisotopic (exact) mass is 327 g/mol. The Kier molecular flexibility index (Phi) is 3.80. The van der Waals surface area contributed by atoms with Crippen molar-refractivity contribution < 1.29 is 18.7 Å². The van der Waals surface area contributed by atoms with Crippen molar-refractivity contribution in [2.45, 2.75) is 0 Å². The molecule has 2 N–H and O–H groups in total. The Bertz CT molecular complexity index is 647. The van der Waals surface area contributed by atoms with Gasteiger partial charge >= 0.3 is 0 Å². The van der Waals surface area contributed by atoms with E-state index >= 15 is 0 Å². The molecule has 0 saturated carbocycles. The van der Waals surface area contributed by atoms with E-state index in [1.54, 1.807) is 0 Å². The van der Waals surface area contributed by atoms with Crippen LogP contribution < -0.4 is 5.32 Å². The van der Waals surface area contributed by atoms with E-state index in [1.165, 1.54) is 18.2 Å². The number of nitrogens with one attached hydrogen (secondary N) is 1. The second-order valence-corrected chi connectivity index (χ2v) is 4.60. The zero-order chi connectivity index (χ0) is 14.0. The summed E-state index contributed by atoms with van der Waals surface area (Å²) in [6, 6.07) is 6.97. The molecular weight excluding hydrogens is 320 g/mol. The minimum absolute atomic E-state index is 0.0899. The van der Waals surface area contributed by atoms with Crippen molar-refractivity contribution in [1.29, 1.82) is 0 Å². The quantitative estimate of drug-likeness (QED) is 0.883. The maximum Gasteiger partial charge on any atom is 0.257 e.